The zero-order chi connectivity index (χ0) is 15.2. The van der Waals surface area contributed by atoms with Gasteiger partial charge in [0.05, 0.1) is 23.1 Å². The summed E-state index contributed by atoms with van der Waals surface area (Å²) in [5.41, 5.74) is 2.78. The molecule has 0 aliphatic carbocycles. The van der Waals surface area contributed by atoms with Crippen LogP contribution in [0.5, 0.6) is 0 Å². The number of sulfone groups is 1. The Labute approximate surface area is 129 Å². The largest absolute Gasteiger partial charge is 0.312 e. The molecule has 1 fully saturated rings. The highest BCUT2D eigenvalue weighted by atomic mass is 35.5. The van der Waals surface area contributed by atoms with Crippen molar-refractivity contribution in [3.63, 3.8) is 0 Å². The van der Waals surface area contributed by atoms with Crippen molar-refractivity contribution in [2.45, 2.75) is 32.2 Å². The fourth-order valence-electron chi connectivity index (χ4n) is 3.09. The molecule has 21 heavy (non-hydrogen) atoms. The minimum atomic E-state index is -2.87. The summed E-state index contributed by atoms with van der Waals surface area (Å²) in [6.45, 7) is 2.69. The Hall–Kier alpha value is -1.08. The lowest BCUT2D eigenvalue weighted by Gasteiger charge is -2.12. The maximum absolute atomic E-state index is 11.6. The Bertz CT molecular complexity index is 778. The van der Waals surface area contributed by atoms with Gasteiger partial charge in [-0.3, -0.25) is 4.68 Å². The number of nitrogens with zero attached hydrogens (tertiary/aromatic N) is 4. The maximum atomic E-state index is 11.6. The Morgan fingerprint density at radius 3 is 2.76 bits per heavy atom. The molecule has 116 valence electrons. The van der Waals surface area contributed by atoms with E-state index in [0.29, 0.717) is 18.8 Å². The van der Waals surface area contributed by atoms with Crippen LogP contribution in [-0.2, 0) is 35.7 Å². The number of rotatable bonds is 4. The monoisotopic (exact) mass is 330 g/mol. The molecule has 2 aromatic rings. The normalized spacial score (nSPS) is 21.4. The van der Waals surface area contributed by atoms with Gasteiger partial charge in [-0.1, -0.05) is 6.92 Å². The predicted octanol–water partition coefficient (Wildman–Crippen LogP) is 1.51. The van der Waals surface area contributed by atoms with Crippen molar-refractivity contribution in [3.05, 3.63) is 11.5 Å². The Balaban J connectivity index is 2.02. The molecule has 1 atom stereocenters. The molecule has 0 bridgehead atoms. The van der Waals surface area contributed by atoms with Crippen LogP contribution in [0.15, 0.2) is 0 Å². The van der Waals surface area contributed by atoms with Crippen molar-refractivity contribution < 1.29 is 8.42 Å². The molecule has 0 amide bonds. The van der Waals surface area contributed by atoms with Gasteiger partial charge in [-0.25, -0.2) is 13.4 Å². The van der Waals surface area contributed by atoms with Gasteiger partial charge in [0.25, 0.3) is 0 Å². The molecule has 1 unspecified atom stereocenters. The van der Waals surface area contributed by atoms with Crippen molar-refractivity contribution in [1.29, 1.82) is 0 Å². The van der Waals surface area contributed by atoms with Crippen LogP contribution in [0, 0.1) is 5.92 Å². The first-order valence-electron chi connectivity index (χ1n) is 7.12. The van der Waals surface area contributed by atoms with Gasteiger partial charge < -0.3 is 4.57 Å². The maximum Gasteiger partial charge on any atom is 0.158 e. The van der Waals surface area contributed by atoms with Crippen LogP contribution in [0.2, 0.25) is 0 Å². The SMILES string of the molecule is CCc1nn(C)c2c1nc(CCl)n2CC1CCS(=O)(=O)C1. The number of fused-ring (bicyclic) bond motifs is 1. The van der Waals surface area contributed by atoms with E-state index < -0.39 is 9.84 Å². The molecule has 1 saturated heterocycles. The van der Waals surface area contributed by atoms with Crippen molar-refractivity contribution in [2.75, 3.05) is 11.5 Å². The van der Waals surface area contributed by atoms with E-state index in [4.69, 9.17) is 11.6 Å². The van der Waals surface area contributed by atoms with Gasteiger partial charge in [-0.15, -0.1) is 11.6 Å². The van der Waals surface area contributed by atoms with Gasteiger partial charge in [-0.05, 0) is 18.8 Å². The first kappa shape index (κ1) is 14.8. The lowest BCUT2D eigenvalue weighted by molar-refractivity contribution is 0.484. The number of hydrogen-bond acceptors (Lipinski definition) is 4. The first-order valence-corrected chi connectivity index (χ1v) is 9.48. The van der Waals surface area contributed by atoms with E-state index in [0.717, 1.165) is 29.1 Å². The standard InChI is InChI=1S/C13H19ClN4O2S/c1-3-10-12-13(17(2)16-10)18(11(6-14)15-12)7-9-4-5-21(19,20)8-9/h9H,3-8H2,1-2H3. The van der Waals surface area contributed by atoms with Crippen LogP contribution in [0.1, 0.15) is 24.9 Å². The van der Waals surface area contributed by atoms with Gasteiger partial charge in [0, 0.05) is 13.6 Å². The summed E-state index contributed by atoms with van der Waals surface area (Å²) >= 11 is 6.02. The average Bonchev–Trinajstić information content (AvgIpc) is 3.05. The molecule has 3 rings (SSSR count). The zero-order valence-corrected chi connectivity index (χ0v) is 13.8. The first-order chi connectivity index (χ1) is 9.95. The molecule has 1 aliphatic heterocycles. The number of aryl methyl sites for hydroxylation is 2. The second kappa shape index (κ2) is 5.28. The fourth-order valence-corrected chi connectivity index (χ4v) is 5.15. The molecule has 1 aliphatic rings. The highest BCUT2D eigenvalue weighted by molar-refractivity contribution is 7.91. The summed E-state index contributed by atoms with van der Waals surface area (Å²) < 4.78 is 27.1. The topological polar surface area (TPSA) is 69.8 Å². The average molecular weight is 331 g/mol. The molecular weight excluding hydrogens is 312 g/mol. The van der Waals surface area contributed by atoms with E-state index in [1.54, 1.807) is 0 Å². The molecule has 0 N–H and O–H groups in total. The van der Waals surface area contributed by atoms with E-state index >= 15 is 0 Å². The number of aromatic nitrogens is 4. The fraction of sp³-hybridized carbons (Fsp3) is 0.692. The lowest BCUT2D eigenvalue weighted by atomic mass is 10.1. The van der Waals surface area contributed by atoms with Crippen molar-refractivity contribution >= 4 is 32.6 Å². The van der Waals surface area contributed by atoms with Crippen molar-refractivity contribution in [3.8, 4) is 0 Å². The van der Waals surface area contributed by atoms with E-state index in [9.17, 15) is 8.42 Å². The van der Waals surface area contributed by atoms with Crippen LogP contribution in [-0.4, -0.2) is 39.3 Å². The van der Waals surface area contributed by atoms with Gasteiger partial charge in [0.15, 0.2) is 15.5 Å². The van der Waals surface area contributed by atoms with Gasteiger partial charge in [-0.2, -0.15) is 5.10 Å². The highest BCUT2D eigenvalue weighted by Crippen LogP contribution is 2.26. The summed E-state index contributed by atoms with van der Waals surface area (Å²) in [7, 11) is -0.978. The third-order valence-electron chi connectivity index (χ3n) is 4.09. The van der Waals surface area contributed by atoms with Crippen molar-refractivity contribution in [1.82, 2.24) is 19.3 Å². The third kappa shape index (κ3) is 2.57. The van der Waals surface area contributed by atoms with Crippen LogP contribution >= 0.6 is 11.6 Å². The van der Waals surface area contributed by atoms with E-state index in [1.807, 2.05) is 23.2 Å². The smallest absolute Gasteiger partial charge is 0.158 e. The summed E-state index contributed by atoms with van der Waals surface area (Å²) in [6.07, 6.45) is 1.52. The molecular formula is C13H19ClN4O2S. The summed E-state index contributed by atoms with van der Waals surface area (Å²) in [5.74, 6) is 1.79. The third-order valence-corrected chi connectivity index (χ3v) is 6.17. The van der Waals surface area contributed by atoms with Crippen LogP contribution in [0.25, 0.3) is 11.2 Å². The Morgan fingerprint density at radius 1 is 1.43 bits per heavy atom. The van der Waals surface area contributed by atoms with Crippen LogP contribution in [0.3, 0.4) is 0 Å². The Kier molecular flexibility index (Phi) is 3.73. The van der Waals surface area contributed by atoms with Crippen LogP contribution < -0.4 is 0 Å². The molecule has 0 spiro atoms. The molecule has 2 aromatic heterocycles. The molecule has 6 nitrogen and oxygen atoms in total. The van der Waals surface area contributed by atoms with Crippen molar-refractivity contribution in [2.24, 2.45) is 13.0 Å². The second-order valence-corrected chi connectivity index (χ2v) is 8.13. The summed E-state index contributed by atoms with van der Waals surface area (Å²) in [6, 6.07) is 0. The zero-order valence-electron chi connectivity index (χ0n) is 12.2. The quantitative estimate of drug-likeness (QED) is 0.797. The number of alkyl halides is 1. The van der Waals surface area contributed by atoms with E-state index in [2.05, 4.69) is 10.1 Å². The number of halogens is 1. The van der Waals surface area contributed by atoms with Gasteiger partial charge in [0.2, 0.25) is 0 Å². The van der Waals surface area contributed by atoms with E-state index in [1.165, 1.54) is 0 Å². The molecule has 0 radical (unpaired) electrons. The Morgan fingerprint density at radius 2 is 2.19 bits per heavy atom. The molecule has 8 heteroatoms. The number of imidazole rings is 1. The van der Waals surface area contributed by atoms with E-state index in [-0.39, 0.29) is 17.4 Å². The van der Waals surface area contributed by atoms with Crippen LogP contribution in [0.4, 0.5) is 0 Å². The minimum absolute atomic E-state index is 0.134. The highest BCUT2D eigenvalue weighted by Gasteiger charge is 2.29. The predicted molar refractivity (Wildman–Crippen MR) is 82.2 cm³/mol. The van der Waals surface area contributed by atoms with Gasteiger partial charge >= 0.3 is 0 Å². The molecule has 0 saturated carbocycles. The summed E-state index contributed by atoms with van der Waals surface area (Å²) in [4.78, 5) is 4.60. The summed E-state index contributed by atoms with van der Waals surface area (Å²) in [5, 5.41) is 4.48. The van der Waals surface area contributed by atoms with Gasteiger partial charge in [0.1, 0.15) is 11.3 Å². The molecule has 3 heterocycles. The number of hydrogen-bond donors (Lipinski definition) is 0. The lowest BCUT2D eigenvalue weighted by Crippen LogP contribution is -2.15. The minimum Gasteiger partial charge on any atom is -0.312 e. The molecule has 0 aromatic carbocycles. The second-order valence-electron chi connectivity index (χ2n) is 5.64.